The van der Waals surface area contributed by atoms with Gasteiger partial charge in [0.25, 0.3) is 10.0 Å². The Labute approximate surface area is 136 Å². The molecule has 3 nitrogen and oxygen atoms in total. The molecule has 0 saturated heterocycles. The first kappa shape index (κ1) is 15.8. The van der Waals surface area contributed by atoms with Crippen molar-refractivity contribution in [2.24, 2.45) is 0 Å². The standard InChI is InChI=1S/C13H13BrClNO2S2/c1-9-5-3-4-6-11(9)16(2)20(17,18)12-7-10(8-15)19-13(12)14/h3-7H,8H2,1-2H3. The van der Waals surface area contributed by atoms with Crippen molar-refractivity contribution in [1.29, 1.82) is 0 Å². The number of para-hydroxylation sites is 1. The largest absolute Gasteiger partial charge is 0.269 e. The number of anilines is 1. The average Bonchev–Trinajstić information content (AvgIpc) is 2.80. The molecule has 0 fully saturated rings. The first-order valence-corrected chi connectivity index (χ1v) is 9.35. The Kier molecular flexibility index (Phi) is 4.79. The van der Waals surface area contributed by atoms with Gasteiger partial charge in [-0.15, -0.1) is 22.9 Å². The summed E-state index contributed by atoms with van der Waals surface area (Å²) in [5.41, 5.74) is 1.57. The molecular formula is C13H13BrClNO2S2. The van der Waals surface area contributed by atoms with Gasteiger partial charge in [0.15, 0.2) is 0 Å². The Balaban J connectivity index is 2.49. The molecule has 2 aromatic rings. The van der Waals surface area contributed by atoms with E-state index in [2.05, 4.69) is 15.9 Å². The molecule has 1 heterocycles. The first-order chi connectivity index (χ1) is 9.37. The van der Waals surface area contributed by atoms with Crippen molar-refractivity contribution in [3.63, 3.8) is 0 Å². The summed E-state index contributed by atoms with van der Waals surface area (Å²) < 4.78 is 27.3. The first-order valence-electron chi connectivity index (χ1n) is 5.76. The van der Waals surface area contributed by atoms with E-state index >= 15 is 0 Å². The van der Waals surface area contributed by atoms with Crippen LogP contribution in [0.1, 0.15) is 10.4 Å². The summed E-state index contributed by atoms with van der Waals surface area (Å²) in [6, 6.07) is 8.99. The van der Waals surface area contributed by atoms with Crippen LogP contribution in [0.3, 0.4) is 0 Å². The molecule has 0 bridgehead atoms. The van der Waals surface area contributed by atoms with Gasteiger partial charge in [-0.1, -0.05) is 18.2 Å². The van der Waals surface area contributed by atoms with E-state index < -0.39 is 10.0 Å². The van der Waals surface area contributed by atoms with E-state index in [1.807, 2.05) is 25.1 Å². The summed E-state index contributed by atoms with van der Waals surface area (Å²) in [6.07, 6.45) is 0. The zero-order valence-electron chi connectivity index (χ0n) is 10.9. The van der Waals surface area contributed by atoms with E-state index in [0.29, 0.717) is 15.4 Å². The Bertz CT molecular complexity index is 728. The zero-order valence-corrected chi connectivity index (χ0v) is 14.9. The molecule has 0 aliphatic rings. The Morgan fingerprint density at radius 2 is 2.00 bits per heavy atom. The lowest BCUT2D eigenvalue weighted by atomic mass is 10.2. The molecule has 1 aromatic carbocycles. The van der Waals surface area contributed by atoms with Crippen molar-refractivity contribution in [2.75, 3.05) is 11.4 Å². The van der Waals surface area contributed by atoms with Crippen LogP contribution in [0.5, 0.6) is 0 Å². The average molecular weight is 395 g/mol. The van der Waals surface area contributed by atoms with Gasteiger partial charge in [-0.05, 0) is 40.5 Å². The highest BCUT2D eigenvalue weighted by atomic mass is 79.9. The van der Waals surface area contributed by atoms with Gasteiger partial charge in [-0.3, -0.25) is 4.31 Å². The Hall–Kier alpha value is -0.560. The van der Waals surface area contributed by atoms with Crippen LogP contribution in [0.4, 0.5) is 5.69 Å². The lowest BCUT2D eigenvalue weighted by Crippen LogP contribution is -2.27. The predicted molar refractivity (Wildman–Crippen MR) is 88.3 cm³/mol. The summed E-state index contributed by atoms with van der Waals surface area (Å²) in [5.74, 6) is 0.298. The molecule has 2 rings (SSSR count). The van der Waals surface area contributed by atoms with Crippen molar-refractivity contribution in [3.8, 4) is 0 Å². The van der Waals surface area contributed by atoms with Gasteiger partial charge in [0.05, 0.1) is 15.4 Å². The molecule has 0 radical (unpaired) electrons. The van der Waals surface area contributed by atoms with Crippen LogP contribution in [0.25, 0.3) is 0 Å². The van der Waals surface area contributed by atoms with Crippen LogP contribution in [0.2, 0.25) is 0 Å². The van der Waals surface area contributed by atoms with Crippen molar-refractivity contribution in [1.82, 2.24) is 0 Å². The highest BCUT2D eigenvalue weighted by Gasteiger charge is 2.26. The molecule has 0 spiro atoms. The highest BCUT2D eigenvalue weighted by molar-refractivity contribution is 9.11. The normalized spacial score (nSPS) is 11.6. The van der Waals surface area contributed by atoms with Gasteiger partial charge >= 0.3 is 0 Å². The maximum atomic E-state index is 12.7. The minimum atomic E-state index is -3.60. The third kappa shape index (κ3) is 2.88. The smallest absolute Gasteiger partial charge is 0.266 e. The molecule has 0 saturated carbocycles. The van der Waals surface area contributed by atoms with E-state index in [4.69, 9.17) is 11.6 Å². The zero-order chi connectivity index (χ0) is 14.9. The topological polar surface area (TPSA) is 37.4 Å². The second-order valence-electron chi connectivity index (χ2n) is 4.24. The number of nitrogens with zero attached hydrogens (tertiary/aromatic N) is 1. The van der Waals surface area contributed by atoms with Crippen molar-refractivity contribution in [2.45, 2.75) is 17.7 Å². The number of aryl methyl sites for hydroxylation is 1. The van der Waals surface area contributed by atoms with Crippen LogP contribution >= 0.6 is 38.9 Å². The third-order valence-electron chi connectivity index (χ3n) is 2.93. The van der Waals surface area contributed by atoms with Gasteiger partial charge in [0.1, 0.15) is 4.90 Å². The van der Waals surface area contributed by atoms with Crippen molar-refractivity contribution in [3.05, 3.63) is 44.6 Å². The second kappa shape index (κ2) is 6.05. The lowest BCUT2D eigenvalue weighted by Gasteiger charge is -2.20. The Morgan fingerprint density at radius 3 is 2.55 bits per heavy atom. The molecule has 0 aliphatic carbocycles. The number of benzene rings is 1. The number of thiophene rings is 1. The number of halogens is 2. The molecule has 0 N–H and O–H groups in total. The molecular weight excluding hydrogens is 382 g/mol. The molecule has 0 amide bonds. The van der Waals surface area contributed by atoms with Crippen molar-refractivity contribution < 1.29 is 8.42 Å². The molecule has 20 heavy (non-hydrogen) atoms. The monoisotopic (exact) mass is 393 g/mol. The quantitative estimate of drug-likeness (QED) is 0.722. The summed E-state index contributed by atoms with van der Waals surface area (Å²) in [4.78, 5) is 1.07. The van der Waals surface area contributed by atoms with Gasteiger partial charge in [-0.25, -0.2) is 8.42 Å². The minimum Gasteiger partial charge on any atom is -0.269 e. The summed E-state index contributed by atoms with van der Waals surface area (Å²) in [5, 5.41) is 0. The number of hydrogen-bond acceptors (Lipinski definition) is 3. The van der Waals surface area contributed by atoms with E-state index in [0.717, 1.165) is 10.4 Å². The predicted octanol–water partition coefficient (Wildman–Crippen LogP) is 4.38. The van der Waals surface area contributed by atoms with Crippen LogP contribution in [-0.4, -0.2) is 15.5 Å². The molecule has 0 unspecified atom stereocenters. The van der Waals surface area contributed by atoms with Gasteiger partial charge < -0.3 is 0 Å². The fourth-order valence-electron chi connectivity index (χ4n) is 1.83. The number of alkyl halides is 1. The molecule has 0 atom stereocenters. The molecule has 7 heteroatoms. The molecule has 0 aliphatic heterocycles. The van der Waals surface area contributed by atoms with Gasteiger partial charge in [0.2, 0.25) is 0 Å². The number of sulfonamides is 1. The summed E-state index contributed by atoms with van der Waals surface area (Å²) in [6.45, 7) is 1.88. The van der Waals surface area contributed by atoms with Gasteiger partial charge in [-0.2, -0.15) is 0 Å². The summed E-state index contributed by atoms with van der Waals surface area (Å²) in [7, 11) is -2.04. The molecule has 1 aromatic heterocycles. The molecule has 108 valence electrons. The third-order valence-corrected chi connectivity index (χ3v) is 7.40. The maximum absolute atomic E-state index is 12.7. The SMILES string of the molecule is Cc1ccccc1N(C)S(=O)(=O)c1cc(CCl)sc1Br. The number of rotatable bonds is 4. The second-order valence-corrected chi connectivity index (χ2v) is 8.90. The summed E-state index contributed by atoms with van der Waals surface area (Å²) >= 11 is 10.4. The highest BCUT2D eigenvalue weighted by Crippen LogP contribution is 2.35. The van der Waals surface area contributed by atoms with Crippen molar-refractivity contribution >= 4 is 54.6 Å². The fourth-order valence-corrected chi connectivity index (χ4v) is 5.82. The fraction of sp³-hybridized carbons (Fsp3) is 0.231. The minimum absolute atomic E-state index is 0.254. The van der Waals surface area contributed by atoms with Crippen LogP contribution in [0, 0.1) is 6.92 Å². The van der Waals surface area contributed by atoms with Gasteiger partial charge in [0, 0.05) is 11.9 Å². The van der Waals surface area contributed by atoms with E-state index in [1.165, 1.54) is 15.6 Å². The van der Waals surface area contributed by atoms with E-state index in [-0.39, 0.29) is 4.90 Å². The van der Waals surface area contributed by atoms with Crippen LogP contribution in [-0.2, 0) is 15.9 Å². The van der Waals surface area contributed by atoms with Crippen LogP contribution < -0.4 is 4.31 Å². The lowest BCUT2D eigenvalue weighted by molar-refractivity contribution is 0.594. The van der Waals surface area contributed by atoms with E-state index in [9.17, 15) is 8.42 Å². The van der Waals surface area contributed by atoms with Crippen LogP contribution in [0.15, 0.2) is 39.0 Å². The number of hydrogen-bond donors (Lipinski definition) is 0. The maximum Gasteiger partial charge on any atom is 0.266 e. The van der Waals surface area contributed by atoms with E-state index in [1.54, 1.807) is 19.2 Å². The Morgan fingerprint density at radius 1 is 1.35 bits per heavy atom.